The first-order valence-electron chi connectivity index (χ1n) is 6.14. The van der Waals surface area contributed by atoms with Gasteiger partial charge >= 0.3 is 0 Å². The van der Waals surface area contributed by atoms with Crippen molar-refractivity contribution in [3.63, 3.8) is 0 Å². The van der Waals surface area contributed by atoms with Gasteiger partial charge in [-0.1, -0.05) is 22.9 Å². The van der Waals surface area contributed by atoms with Crippen LogP contribution in [0, 0.1) is 6.92 Å². The summed E-state index contributed by atoms with van der Waals surface area (Å²) in [5.74, 6) is 1.30. The molecule has 1 aromatic heterocycles. The molecule has 1 aromatic carbocycles. The van der Waals surface area contributed by atoms with Crippen molar-refractivity contribution in [2.75, 3.05) is 6.54 Å². The summed E-state index contributed by atoms with van der Waals surface area (Å²) >= 11 is 3.43. The van der Waals surface area contributed by atoms with Crippen LogP contribution in [-0.2, 0) is 6.54 Å². The zero-order valence-electron chi connectivity index (χ0n) is 11.0. The van der Waals surface area contributed by atoms with E-state index in [0.29, 0.717) is 12.4 Å². The Morgan fingerprint density at radius 3 is 2.89 bits per heavy atom. The Morgan fingerprint density at radius 1 is 1.32 bits per heavy atom. The predicted molar refractivity (Wildman–Crippen MR) is 78.4 cm³/mol. The summed E-state index contributed by atoms with van der Waals surface area (Å²) < 4.78 is 6.79. The first kappa shape index (κ1) is 14.0. The monoisotopic (exact) mass is 321 g/mol. The van der Waals surface area contributed by atoms with Crippen LogP contribution in [0.2, 0.25) is 0 Å². The van der Waals surface area contributed by atoms with Gasteiger partial charge in [0.15, 0.2) is 0 Å². The molecule has 1 N–H and O–H groups in total. The maximum atomic E-state index is 5.76. The molecule has 2 aromatic rings. The molecule has 0 aliphatic rings. The van der Waals surface area contributed by atoms with Crippen molar-refractivity contribution in [1.29, 1.82) is 0 Å². The maximum absolute atomic E-state index is 5.76. The highest BCUT2D eigenvalue weighted by Crippen LogP contribution is 2.26. The minimum absolute atomic E-state index is 0.515. The quantitative estimate of drug-likeness (QED) is 0.916. The summed E-state index contributed by atoms with van der Waals surface area (Å²) in [5.41, 5.74) is 1.92. The van der Waals surface area contributed by atoms with Crippen LogP contribution in [0.3, 0.4) is 0 Å². The molecule has 0 unspecified atom stereocenters. The third kappa shape index (κ3) is 4.01. The largest absolute Gasteiger partial charge is 0.437 e. The molecule has 0 atom stereocenters. The number of nitrogens with zero attached hydrogens (tertiary/aromatic N) is 2. The van der Waals surface area contributed by atoms with E-state index in [1.165, 1.54) is 0 Å². The molecule has 4 nitrogen and oxygen atoms in total. The fourth-order valence-electron chi connectivity index (χ4n) is 1.61. The van der Waals surface area contributed by atoms with E-state index in [2.05, 4.69) is 38.1 Å². The number of hydrogen-bond donors (Lipinski definition) is 1. The van der Waals surface area contributed by atoms with Crippen LogP contribution in [0.4, 0.5) is 0 Å². The van der Waals surface area contributed by atoms with E-state index >= 15 is 0 Å². The highest BCUT2D eigenvalue weighted by Gasteiger charge is 2.04. The van der Waals surface area contributed by atoms with Crippen LogP contribution in [0.5, 0.6) is 11.6 Å². The topological polar surface area (TPSA) is 47.0 Å². The van der Waals surface area contributed by atoms with Gasteiger partial charge in [-0.25, -0.2) is 4.98 Å². The van der Waals surface area contributed by atoms with Gasteiger partial charge in [-0.3, -0.25) is 4.98 Å². The molecule has 19 heavy (non-hydrogen) atoms. The molecule has 0 amide bonds. The fraction of sp³-hybridized carbons (Fsp3) is 0.286. The number of nitrogens with one attached hydrogen (secondary N) is 1. The second-order valence-electron chi connectivity index (χ2n) is 4.14. The third-order valence-corrected chi connectivity index (χ3v) is 3.06. The Bertz CT molecular complexity index is 560. The van der Waals surface area contributed by atoms with Crippen molar-refractivity contribution >= 4 is 15.9 Å². The normalized spacial score (nSPS) is 10.5. The van der Waals surface area contributed by atoms with Crippen molar-refractivity contribution in [3.8, 4) is 11.6 Å². The number of ether oxygens (including phenoxy) is 1. The Hall–Kier alpha value is -1.46. The standard InChI is InChI=1S/C14H16BrN3O/c1-3-16-7-12-8-17-9-14(18-12)19-13-5-4-11(15)6-10(13)2/h4-6,8-9,16H,3,7H2,1-2H3. The molecule has 1 heterocycles. The number of halogens is 1. The average Bonchev–Trinajstić information content (AvgIpc) is 2.40. The first-order valence-corrected chi connectivity index (χ1v) is 6.94. The molecule has 2 rings (SSSR count). The van der Waals surface area contributed by atoms with E-state index < -0.39 is 0 Å². The number of aromatic nitrogens is 2. The van der Waals surface area contributed by atoms with Gasteiger partial charge < -0.3 is 10.1 Å². The van der Waals surface area contributed by atoms with Gasteiger partial charge in [0.2, 0.25) is 5.88 Å². The van der Waals surface area contributed by atoms with Crippen molar-refractivity contribution in [2.45, 2.75) is 20.4 Å². The van der Waals surface area contributed by atoms with Gasteiger partial charge in [0.1, 0.15) is 5.75 Å². The molecule has 0 aliphatic heterocycles. The summed E-state index contributed by atoms with van der Waals surface area (Å²) in [4.78, 5) is 8.55. The van der Waals surface area contributed by atoms with Gasteiger partial charge in [-0.05, 0) is 37.2 Å². The van der Waals surface area contributed by atoms with E-state index in [-0.39, 0.29) is 0 Å². The Labute approximate surface area is 121 Å². The second kappa shape index (κ2) is 6.63. The molecule has 0 spiro atoms. The average molecular weight is 322 g/mol. The third-order valence-electron chi connectivity index (χ3n) is 2.57. The molecule has 0 aliphatic carbocycles. The molecule has 100 valence electrons. The summed E-state index contributed by atoms with van der Waals surface area (Å²) in [6.07, 6.45) is 3.36. The number of rotatable bonds is 5. The molecule has 0 bridgehead atoms. The summed E-state index contributed by atoms with van der Waals surface area (Å²) in [6.45, 7) is 5.65. The Morgan fingerprint density at radius 2 is 2.16 bits per heavy atom. The lowest BCUT2D eigenvalue weighted by Crippen LogP contribution is -2.13. The lowest BCUT2D eigenvalue weighted by molar-refractivity contribution is 0.453. The van der Waals surface area contributed by atoms with Gasteiger partial charge in [0, 0.05) is 17.2 Å². The molecule has 5 heteroatoms. The first-order chi connectivity index (χ1) is 9.19. The second-order valence-corrected chi connectivity index (χ2v) is 5.06. The fourth-order valence-corrected chi connectivity index (χ4v) is 2.09. The lowest BCUT2D eigenvalue weighted by atomic mass is 10.2. The van der Waals surface area contributed by atoms with E-state index in [0.717, 1.165) is 28.0 Å². The minimum Gasteiger partial charge on any atom is -0.437 e. The summed E-state index contributed by atoms with van der Waals surface area (Å²) in [5, 5.41) is 3.21. The molecule has 0 saturated heterocycles. The minimum atomic E-state index is 0.515. The van der Waals surface area contributed by atoms with Gasteiger partial charge in [-0.2, -0.15) is 0 Å². The Balaban J connectivity index is 2.14. The van der Waals surface area contributed by atoms with E-state index in [1.807, 2.05) is 25.1 Å². The summed E-state index contributed by atoms with van der Waals surface area (Å²) in [6, 6.07) is 5.86. The lowest BCUT2D eigenvalue weighted by Gasteiger charge is -2.09. The van der Waals surface area contributed by atoms with Crippen LogP contribution in [0.15, 0.2) is 35.1 Å². The number of aryl methyl sites for hydroxylation is 1. The van der Waals surface area contributed by atoms with Crippen LogP contribution in [0.25, 0.3) is 0 Å². The molecule has 0 saturated carbocycles. The van der Waals surface area contributed by atoms with Crippen molar-refractivity contribution in [2.24, 2.45) is 0 Å². The van der Waals surface area contributed by atoms with Crippen molar-refractivity contribution < 1.29 is 4.74 Å². The van der Waals surface area contributed by atoms with Crippen molar-refractivity contribution in [3.05, 3.63) is 46.3 Å². The number of hydrogen-bond acceptors (Lipinski definition) is 4. The highest BCUT2D eigenvalue weighted by molar-refractivity contribution is 9.10. The van der Waals surface area contributed by atoms with Gasteiger partial charge in [0.05, 0.1) is 11.9 Å². The SMILES string of the molecule is CCNCc1cncc(Oc2ccc(Br)cc2C)n1. The zero-order valence-corrected chi connectivity index (χ0v) is 12.6. The molecule has 0 fully saturated rings. The van der Waals surface area contributed by atoms with E-state index in [4.69, 9.17) is 4.74 Å². The van der Waals surface area contributed by atoms with Crippen LogP contribution in [-0.4, -0.2) is 16.5 Å². The molecular weight excluding hydrogens is 306 g/mol. The maximum Gasteiger partial charge on any atom is 0.238 e. The van der Waals surface area contributed by atoms with Crippen LogP contribution >= 0.6 is 15.9 Å². The van der Waals surface area contributed by atoms with Crippen LogP contribution < -0.4 is 10.1 Å². The molecular formula is C14H16BrN3O. The van der Waals surface area contributed by atoms with Crippen molar-refractivity contribution in [1.82, 2.24) is 15.3 Å². The Kier molecular flexibility index (Phi) is 4.87. The smallest absolute Gasteiger partial charge is 0.238 e. The van der Waals surface area contributed by atoms with Crippen LogP contribution in [0.1, 0.15) is 18.2 Å². The van der Waals surface area contributed by atoms with Gasteiger partial charge in [0.25, 0.3) is 0 Å². The molecule has 0 radical (unpaired) electrons. The zero-order chi connectivity index (χ0) is 13.7. The van der Waals surface area contributed by atoms with E-state index in [9.17, 15) is 0 Å². The van der Waals surface area contributed by atoms with Gasteiger partial charge in [-0.15, -0.1) is 0 Å². The predicted octanol–water partition coefficient (Wildman–Crippen LogP) is 3.45. The summed E-state index contributed by atoms with van der Waals surface area (Å²) in [7, 11) is 0. The highest BCUT2D eigenvalue weighted by atomic mass is 79.9. The van der Waals surface area contributed by atoms with E-state index in [1.54, 1.807) is 12.4 Å². The number of benzene rings is 1.